The zero-order valence-electron chi connectivity index (χ0n) is 7.62. The maximum Gasteiger partial charge on any atom is 0.182 e. The van der Waals surface area contributed by atoms with E-state index in [1.807, 2.05) is 11.6 Å². The van der Waals surface area contributed by atoms with E-state index >= 15 is 0 Å². The van der Waals surface area contributed by atoms with Gasteiger partial charge in [0.05, 0.1) is 0 Å². The Labute approximate surface area is 82.6 Å². The second-order valence-electron chi connectivity index (χ2n) is 3.36. The molecule has 3 nitrogen and oxygen atoms in total. The molecular weight excluding hydrogens is 182 g/mol. The lowest BCUT2D eigenvalue weighted by atomic mass is 10.1. The molecule has 0 saturated carbocycles. The molecule has 4 heteroatoms. The van der Waals surface area contributed by atoms with Crippen molar-refractivity contribution in [2.24, 2.45) is 0 Å². The molecule has 1 atom stereocenters. The molecule has 2 N–H and O–H groups in total. The summed E-state index contributed by atoms with van der Waals surface area (Å²) in [7, 11) is 0. The molecule has 0 radical (unpaired) electrons. The van der Waals surface area contributed by atoms with Gasteiger partial charge >= 0.3 is 0 Å². The molecule has 1 aromatic heterocycles. The van der Waals surface area contributed by atoms with E-state index in [2.05, 4.69) is 15.6 Å². The van der Waals surface area contributed by atoms with Gasteiger partial charge in [-0.25, -0.2) is 4.98 Å². The van der Waals surface area contributed by atoms with Crippen LogP contribution in [0.1, 0.15) is 19.3 Å². The molecule has 0 amide bonds. The van der Waals surface area contributed by atoms with E-state index in [0.29, 0.717) is 6.04 Å². The Hall–Kier alpha value is -0.610. The Kier molecular flexibility index (Phi) is 3.16. The fourth-order valence-electron chi connectivity index (χ4n) is 1.63. The third-order valence-corrected chi connectivity index (χ3v) is 3.04. The number of thiazole rings is 1. The molecule has 0 bridgehead atoms. The van der Waals surface area contributed by atoms with Crippen LogP contribution in [0.3, 0.4) is 0 Å². The summed E-state index contributed by atoms with van der Waals surface area (Å²) in [6.07, 6.45) is 5.58. The summed E-state index contributed by atoms with van der Waals surface area (Å²) in [5.41, 5.74) is 0. The predicted octanol–water partition coefficient (Wildman–Crippen LogP) is 1.70. The molecule has 1 aliphatic rings. The first kappa shape index (κ1) is 8.97. The highest BCUT2D eigenvalue weighted by molar-refractivity contribution is 7.13. The number of rotatable bonds is 2. The maximum absolute atomic E-state index is 4.23. The van der Waals surface area contributed by atoms with E-state index < -0.39 is 0 Å². The van der Waals surface area contributed by atoms with Gasteiger partial charge in [0.15, 0.2) is 5.13 Å². The van der Waals surface area contributed by atoms with Crippen molar-refractivity contribution in [1.82, 2.24) is 10.3 Å². The second-order valence-corrected chi connectivity index (χ2v) is 4.25. The zero-order valence-corrected chi connectivity index (χ0v) is 8.44. The fourth-order valence-corrected chi connectivity index (χ4v) is 2.24. The summed E-state index contributed by atoms with van der Waals surface area (Å²) in [6, 6.07) is 0.612. The summed E-state index contributed by atoms with van der Waals surface area (Å²) in [4.78, 5) is 4.23. The first-order chi connectivity index (χ1) is 6.45. The minimum atomic E-state index is 0.612. The molecule has 1 unspecified atom stereocenters. The Morgan fingerprint density at radius 2 is 2.46 bits per heavy atom. The van der Waals surface area contributed by atoms with Gasteiger partial charge in [-0.15, -0.1) is 11.3 Å². The van der Waals surface area contributed by atoms with Crippen molar-refractivity contribution in [3.8, 4) is 0 Å². The first-order valence-electron chi connectivity index (χ1n) is 4.82. The van der Waals surface area contributed by atoms with E-state index in [1.165, 1.54) is 19.3 Å². The van der Waals surface area contributed by atoms with Crippen LogP contribution >= 0.6 is 11.3 Å². The molecule has 1 fully saturated rings. The zero-order chi connectivity index (χ0) is 8.93. The summed E-state index contributed by atoms with van der Waals surface area (Å²) in [6.45, 7) is 2.29. The predicted molar refractivity (Wildman–Crippen MR) is 56.2 cm³/mol. The van der Waals surface area contributed by atoms with Crippen molar-refractivity contribution < 1.29 is 0 Å². The minimum Gasteiger partial charge on any atom is -0.359 e. The van der Waals surface area contributed by atoms with Crippen LogP contribution in [0.4, 0.5) is 5.13 Å². The molecule has 0 spiro atoms. The number of hydrogen-bond acceptors (Lipinski definition) is 4. The normalized spacial score (nSPS) is 23.8. The van der Waals surface area contributed by atoms with Crippen LogP contribution in [0, 0.1) is 0 Å². The van der Waals surface area contributed by atoms with E-state index in [0.717, 1.165) is 18.2 Å². The third kappa shape index (κ3) is 2.67. The number of anilines is 1. The average Bonchev–Trinajstić information content (AvgIpc) is 2.49. The lowest BCUT2D eigenvalue weighted by Crippen LogP contribution is -2.21. The van der Waals surface area contributed by atoms with E-state index in [1.54, 1.807) is 11.3 Å². The Balaban J connectivity index is 1.86. The summed E-state index contributed by atoms with van der Waals surface area (Å²) in [5, 5.41) is 9.94. The van der Waals surface area contributed by atoms with Crippen molar-refractivity contribution in [2.45, 2.75) is 25.3 Å². The van der Waals surface area contributed by atoms with Crippen LogP contribution in [0.15, 0.2) is 11.6 Å². The minimum absolute atomic E-state index is 0.612. The highest BCUT2D eigenvalue weighted by Gasteiger charge is 2.11. The smallest absolute Gasteiger partial charge is 0.182 e. The van der Waals surface area contributed by atoms with Gasteiger partial charge < -0.3 is 10.6 Å². The van der Waals surface area contributed by atoms with Gasteiger partial charge in [0.2, 0.25) is 0 Å². The fraction of sp³-hybridized carbons (Fsp3) is 0.667. The number of aromatic nitrogens is 1. The third-order valence-electron chi connectivity index (χ3n) is 2.34. The standard InChI is InChI=1S/C9H15N3S/c1-2-8(3-5-10-4-1)12-9-11-6-7-13-9/h6-8,10H,1-5H2,(H,11,12). The van der Waals surface area contributed by atoms with E-state index in [-0.39, 0.29) is 0 Å². The summed E-state index contributed by atoms with van der Waals surface area (Å²) >= 11 is 1.68. The highest BCUT2D eigenvalue weighted by atomic mass is 32.1. The van der Waals surface area contributed by atoms with Crippen molar-refractivity contribution in [3.05, 3.63) is 11.6 Å². The second kappa shape index (κ2) is 4.58. The van der Waals surface area contributed by atoms with Gasteiger partial charge in [-0.3, -0.25) is 0 Å². The van der Waals surface area contributed by atoms with Gasteiger partial charge in [-0.05, 0) is 32.4 Å². The van der Waals surface area contributed by atoms with Crippen molar-refractivity contribution in [2.75, 3.05) is 18.4 Å². The molecule has 2 heterocycles. The average molecular weight is 197 g/mol. The molecule has 13 heavy (non-hydrogen) atoms. The largest absolute Gasteiger partial charge is 0.359 e. The van der Waals surface area contributed by atoms with Gasteiger partial charge in [0, 0.05) is 17.6 Å². The van der Waals surface area contributed by atoms with Crippen molar-refractivity contribution >= 4 is 16.5 Å². The maximum atomic E-state index is 4.23. The van der Waals surface area contributed by atoms with Crippen LogP contribution < -0.4 is 10.6 Å². The molecule has 2 rings (SSSR count). The molecule has 72 valence electrons. The monoisotopic (exact) mass is 197 g/mol. The van der Waals surface area contributed by atoms with Crippen molar-refractivity contribution in [3.63, 3.8) is 0 Å². The summed E-state index contributed by atoms with van der Waals surface area (Å²) < 4.78 is 0. The Bertz CT molecular complexity index is 227. The number of nitrogens with one attached hydrogen (secondary N) is 2. The van der Waals surface area contributed by atoms with Crippen LogP contribution in [0.2, 0.25) is 0 Å². The lowest BCUT2D eigenvalue weighted by molar-refractivity contribution is 0.637. The Morgan fingerprint density at radius 3 is 3.31 bits per heavy atom. The van der Waals surface area contributed by atoms with Gasteiger partial charge in [0.1, 0.15) is 0 Å². The van der Waals surface area contributed by atoms with E-state index in [4.69, 9.17) is 0 Å². The van der Waals surface area contributed by atoms with Gasteiger partial charge in [-0.2, -0.15) is 0 Å². The van der Waals surface area contributed by atoms with Gasteiger partial charge in [0.25, 0.3) is 0 Å². The van der Waals surface area contributed by atoms with Crippen LogP contribution in [0.5, 0.6) is 0 Å². The number of nitrogens with zero attached hydrogens (tertiary/aromatic N) is 1. The van der Waals surface area contributed by atoms with Gasteiger partial charge in [-0.1, -0.05) is 0 Å². The van der Waals surface area contributed by atoms with Crippen LogP contribution in [-0.4, -0.2) is 24.1 Å². The molecule has 1 saturated heterocycles. The Morgan fingerprint density at radius 1 is 1.46 bits per heavy atom. The first-order valence-corrected chi connectivity index (χ1v) is 5.70. The van der Waals surface area contributed by atoms with Crippen LogP contribution in [0.25, 0.3) is 0 Å². The molecule has 0 aromatic carbocycles. The SMILES string of the molecule is c1csc(NC2CCCNCC2)n1. The molecular formula is C9H15N3S. The lowest BCUT2D eigenvalue weighted by Gasteiger charge is -2.14. The molecule has 1 aliphatic heterocycles. The van der Waals surface area contributed by atoms with Crippen LogP contribution in [-0.2, 0) is 0 Å². The van der Waals surface area contributed by atoms with E-state index in [9.17, 15) is 0 Å². The molecule has 1 aromatic rings. The van der Waals surface area contributed by atoms with Crippen molar-refractivity contribution in [1.29, 1.82) is 0 Å². The number of hydrogen-bond donors (Lipinski definition) is 2. The summed E-state index contributed by atoms with van der Waals surface area (Å²) in [5.74, 6) is 0. The molecule has 0 aliphatic carbocycles. The quantitative estimate of drug-likeness (QED) is 0.757. The highest BCUT2D eigenvalue weighted by Crippen LogP contribution is 2.16. The topological polar surface area (TPSA) is 37.0 Å².